The fraction of sp³-hybridized carbons (Fsp3) is 0.227. The van der Waals surface area contributed by atoms with Gasteiger partial charge >= 0.3 is 0 Å². The molecule has 0 saturated carbocycles. The summed E-state index contributed by atoms with van der Waals surface area (Å²) in [5.41, 5.74) is 1.10. The number of amides is 1. The third kappa shape index (κ3) is 4.77. The SMILES string of the molecule is CC(Oc1ccc2ccccc2c1)C(=O)NCCCc1ccccc1Cl. The molecule has 134 valence electrons. The molecule has 0 saturated heterocycles. The van der Waals surface area contributed by atoms with Gasteiger partial charge < -0.3 is 10.1 Å². The molecule has 3 aromatic rings. The Morgan fingerprint density at radius 1 is 1.04 bits per heavy atom. The summed E-state index contributed by atoms with van der Waals surface area (Å²) in [5, 5.41) is 5.94. The zero-order valence-corrected chi connectivity index (χ0v) is 15.5. The highest BCUT2D eigenvalue weighted by Crippen LogP contribution is 2.21. The zero-order chi connectivity index (χ0) is 18.4. The summed E-state index contributed by atoms with van der Waals surface area (Å²) in [6.45, 7) is 2.36. The molecule has 0 aliphatic heterocycles. The van der Waals surface area contributed by atoms with Gasteiger partial charge in [-0.1, -0.05) is 60.1 Å². The number of fused-ring (bicyclic) bond motifs is 1. The van der Waals surface area contributed by atoms with Crippen molar-refractivity contribution in [3.63, 3.8) is 0 Å². The molecule has 0 heterocycles. The molecule has 0 aromatic heterocycles. The lowest BCUT2D eigenvalue weighted by Gasteiger charge is -2.15. The highest BCUT2D eigenvalue weighted by Gasteiger charge is 2.14. The molecule has 3 aromatic carbocycles. The molecular formula is C22H22ClNO2. The number of ether oxygens (including phenoxy) is 1. The van der Waals surface area contributed by atoms with E-state index in [4.69, 9.17) is 16.3 Å². The van der Waals surface area contributed by atoms with E-state index in [0.717, 1.165) is 34.2 Å². The number of benzene rings is 3. The van der Waals surface area contributed by atoms with Crippen molar-refractivity contribution in [2.75, 3.05) is 6.54 Å². The number of nitrogens with one attached hydrogen (secondary N) is 1. The van der Waals surface area contributed by atoms with Crippen LogP contribution in [0.15, 0.2) is 66.7 Å². The van der Waals surface area contributed by atoms with E-state index in [1.165, 1.54) is 0 Å². The molecule has 0 fully saturated rings. The van der Waals surface area contributed by atoms with Crippen LogP contribution in [0.2, 0.25) is 5.02 Å². The first-order valence-electron chi connectivity index (χ1n) is 8.80. The average Bonchev–Trinajstić information content (AvgIpc) is 2.66. The van der Waals surface area contributed by atoms with Gasteiger partial charge in [0.05, 0.1) is 0 Å². The standard InChI is InChI=1S/C22H22ClNO2/c1-16(26-20-13-12-17-7-2-3-9-19(17)15-20)22(25)24-14-6-10-18-8-4-5-11-21(18)23/h2-5,7-9,11-13,15-16H,6,10,14H2,1H3,(H,24,25). The summed E-state index contributed by atoms with van der Waals surface area (Å²) >= 11 is 6.14. The molecule has 0 radical (unpaired) electrons. The zero-order valence-electron chi connectivity index (χ0n) is 14.7. The van der Waals surface area contributed by atoms with Gasteiger partial charge in [-0.05, 0) is 54.3 Å². The van der Waals surface area contributed by atoms with Crippen LogP contribution in [0.4, 0.5) is 0 Å². The van der Waals surface area contributed by atoms with Crippen LogP contribution in [0.1, 0.15) is 18.9 Å². The first-order valence-corrected chi connectivity index (χ1v) is 9.18. The largest absolute Gasteiger partial charge is 0.481 e. The predicted octanol–water partition coefficient (Wildman–Crippen LogP) is 5.01. The van der Waals surface area contributed by atoms with Crippen molar-refractivity contribution in [1.82, 2.24) is 5.32 Å². The Hall–Kier alpha value is -2.52. The summed E-state index contributed by atoms with van der Waals surface area (Å²) in [7, 11) is 0. The van der Waals surface area contributed by atoms with Gasteiger partial charge in [-0.2, -0.15) is 0 Å². The summed E-state index contributed by atoms with van der Waals surface area (Å²) in [6, 6.07) is 21.7. The lowest BCUT2D eigenvalue weighted by Crippen LogP contribution is -2.36. The second-order valence-electron chi connectivity index (χ2n) is 6.26. The minimum Gasteiger partial charge on any atom is -0.481 e. The lowest BCUT2D eigenvalue weighted by atomic mass is 10.1. The molecule has 1 amide bonds. The van der Waals surface area contributed by atoms with E-state index < -0.39 is 6.10 Å². The number of hydrogen-bond donors (Lipinski definition) is 1. The smallest absolute Gasteiger partial charge is 0.260 e. The van der Waals surface area contributed by atoms with Crippen LogP contribution in [-0.4, -0.2) is 18.6 Å². The molecule has 3 nitrogen and oxygen atoms in total. The first kappa shape index (κ1) is 18.3. The summed E-state index contributed by atoms with van der Waals surface area (Å²) in [6.07, 6.45) is 1.12. The monoisotopic (exact) mass is 367 g/mol. The molecule has 0 aliphatic carbocycles. The molecule has 0 spiro atoms. The lowest BCUT2D eigenvalue weighted by molar-refractivity contribution is -0.127. The van der Waals surface area contributed by atoms with E-state index in [1.54, 1.807) is 6.92 Å². The molecule has 26 heavy (non-hydrogen) atoms. The fourth-order valence-corrected chi connectivity index (χ4v) is 3.06. The van der Waals surface area contributed by atoms with Gasteiger partial charge in [-0.3, -0.25) is 4.79 Å². The Morgan fingerprint density at radius 3 is 2.58 bits per heavy atom. The van der Waals surface area contributed by atoms with Gasteiger partial charge in [0.25, 0.3) is 5.91 Å². The van der Waals surface area contributed by atoms with Crippen LogP contribution in [0.25, 0.3) is 10.8 Å². The van der Waals surface area contributed by atoms with Gasteiger partial charge in [-0.15, -0.1) is 0 Å². The van der Waals surface area contributed by atoms with Crippen LogP contribution in [0, 0.1) is 0 Å². The molecule has 4 heteroatoms. The van der Waals surface area contributed by atoms with Crippen LogP contribution < -0.4 is 10.1 Å². The van der Waals surface area contributed by atoms with E-state index in [-0.39, 0.29) is 5.91 Å². The van der Waals surface area contributed by atoms with Crippen molar-refractivity contribution in [1.29, 1.82) is 0 Å². The van der Waals surface area contributed by atoms with Crippen LogP contribution in [0.5, 0.6) is 5.75 Å². The number of aryl methyl sites for hydroxylation is 1. The van der Waals surface area contributed by atoms with Gasteiger partial charge in [-0.25, -0.2) is 0 Å². The first-order chi connectivity index (χ1) is 12.6. The molecule has 0 aliphatic rings. The maximum absolute atomic E-state index is 12.2. The van der Waals surface area contributed by atoms with E-state index in [1.807, 2.05) is 66.7 Å². The highest BCUT2D eigenvalue weighted by molar-refractivity contribution is 6.31. The van der Waals surface area contributed by atoms with Crippen molar-refractivity contribution in [2.45, 2.75) is 25.9 Å². The van der Waals surface area contributed by atoms with Crippen molar-refractivity contribution in [2.24, 2.45) is 0 Å². The van der Waals surface area contributed by atoms with Crippen LogP contribution in [0.3, 0.4) is 0 Å². The van der Waals surface area contributed by atoms with Crippen molar-refractivity contribution in [3.05, 3.63) is 77.3 Å². The quantitative estimate of drug-likeness (QED) is 0.596. The number of carbonyl (C=O) groups is 1. The van der Waals surface area contributed by atoms with Crippen molar-refractivity contribution < 1.29 is 9.53 Å². The van der Waals surface area contributed by atoms with E-state index >= 15 is 0 Å². The third-order valence-corrected chi connectivity index (χ3v) is 4.65. The summed E-state index contributed by atoms with van der Waals surface area (Å²) < 4.78 is 5.79. The van der Waals surface area contributed by atoms with Crippen LogP contribution in [-0.2, 0) is 11.2 Å². The topological polar surface area (TPSA) is 38.3 Å². The Kier molecular flexibility index (Phi) is 6.13. The number of rotatable bonds is 7. The van der Waals surface area contributed by atoms with Gasteiger partial charge in [0.2, 0.25) is 0 Å². The number of halogens is 1. The minimum atomic E-state index is -0.545. The van der Waals surface area contributed by atoms with Gasteiger partial charge in [0.1, 0.15) is 5.75 Å². The van der Waals surface area contributed by atoms with E-state index in [0.29, 0.717) is 12.3 Å². The fourth-order valence-electron chi connectivity index (χ4n) is 2.83. The Labute approximate surface area is 158 Å². The summed E-state index contributed by atoms with van der Waals surface area (Å²) in [5.74, 6) is 0.583. The molecule has 1 N–H and O–H groups in total. The minimum absolute atomic E-state index is 0.114. The molecule has 1 unspecified atom stereocenters. The maximum atomic E-state index is 12.2. The normalized spacial score (nSPS) is 11.9. The highest BCUT2D eigenvalue weighted by atomic mass is 35.5. The Balaban J connectivity index is 1.47. The second kappa shape index (κ2) is 8.72. The Bertz CT molecular complexity index is 894. The van der Waals surface area contributed by atoms with E-state index in [9.17, 15) is 4.79 Å². The molecule has 1 atom stereocenters. The molecule has 3 rings (SSSR count). The van der Waals surface area contributed by atoms with Crippen molar-refractivity contribution >= 4 is 28.3 Å². The molecule has 0 bridgehead atoms. The number of carbonyl (C=O) groups excluding carboxylic acids is 1. The Morgan fingerprint density at radius 2 is 1.77 bits per heavy atom. The predicted molar refractivity (Wildman–Crippen MR) is 107 cm³/mol. The maximum Gasteiger partial charge on any atom is 0.260 e. The molecular weight excluding hydrogens is 346 g/mol. The second-order valence-corrected chi connectivity index (χ2v) is 6.66. The van der Waals surface area contributed by atoms with Crippen molar-refractivity contribution in [3.8, 4) is 5.75 Å². The van der Waals surface area contributed by atoms with Gasteiger partial charge in [0, 0.05) is 11.6 Å². The average molecular weight is 368 g/mol. The van der Waals surface area contributed by atoms with E-state index in [2.05, 4.69) is 5.32 Å². The number of hydrogen-bond acceptors (Lipinski definition) is 2. The third-order valence-electron chi connectivity index (χ3n) is 4.28. The van der Waals surface area contributed by atoms with Gasteiger partial charge in [0.15, 0.2) is 6.10 Å². The summed E-state index contributed by atoms with van der Waals surface area (Å²) in [4.78, 5) is 12.2. The van der Waals surface area contributed by atoms with Crippen LogP contribution >= 0.6 is 11.6 Å².